The second-order valence-electron chi connectivity index (χ2n) is 5.33. The van der Waals surface area contributed by atoms with E-state index in [0.717, 1.165) is 10.6 Å². The van der Waals surface area contributed by atoms with Crippen molar-refractivity contribution < 1.29 is 18.4 Å². The Labute approximate surface area is 152 Å². The molecule has 0 atom stereocenters. The molecule has 7 nitrogen and oxygen atoms in total. The number of hydrogen-bond acceptors (Lipinski definition) is 8. The highest BCUT2D eigenvalue weighted by Gasteiger charge is 2.20. The Hall–Kier alpha value is -3.26. The van der Waals surface area contributed by atoms with Crippen molar-refractivity contribution in [3.05, 3.63) is 64.5 Å². The molecule has 0 N–H and O–H groups in total. The number of benzene rings is 1. The van der Waals surface area contributed by atoms with Crippen LogP contribution in [0.5, 0.6) is 0 Å². The molecule has 0 bridgehead atoms. The monoisotopic (exact) mass is 367 g/mol. The summed E-state index contributed by atoms with van der Waals surface area (Å²) < 4.78 is 15.9. The van der Waals surface area contributed by atoms with E-state index in [9.17, 15) is 4.79 Å². The van der Waals surface area contributed by atoms with Crippen molar-refractivity contribution in [3.8, 4) is 22.9 Å². The number of aromatic nitrogens is 3. The van der Waals surface area contributed by atoms with Gasteiger partial charge in [-0.05, 0) is 19.1 Å². The molecule has 0 amide bonds. The third-order valence-corrected chi connectivity index (χ3v) is 4.44. The van der Waals surface area contributed by atoms with Crippen LogP contribution in [-0.2, 0) is 11.3 Å². The predicted molar refractivity (Wildman–Crippen MR) is 93.4 cm³/mol. The van der Waals surface area contributed by atoms with E-state index in [4.69, 9.17) is 13.6 Å². The first-order valence-corrected chi connectivity index (χ1v) is 8.58. The van der Waals surface area contributed by atoms with Crippen LogP contribution in [0, 0.1) is 6.92 Å². The average Bonchev–Trinajstić information content (AvgIpc) is 3.40. The van der Waals surface area contributed by atoms with Gasteiger partial charge in [-0.3, -0.25) is 0 Å². The highest BCUT2D eigenvalue weighted by atomic mass is 32.1. The van der Waals surface area contributed by atoms with Gasteiger partial charge in [-0.15, -0.1) is 21.5 Å². The van der Waals surface area contributed by atoms with Gasteiger partial charge in [-0.25, -0.2) is 9.78 Å². The number of rotatable bonds is 5. The Morgan fingerprint density at radius 2 is 2.00 bits per heavy atom. The summed E-state index contributed by atoms with van der Waals surface area (Å²) in [5.74, 6) is 0.402. The summed E-state index contributed by atoms with van der Waals surface area (Å²) in [6, 6.07) is 12.9. The Balaban J connectivity index is 1.49. The molecule has 4 rings (SSSR count). The number of thiazole rings is 1. The topological polar surface area (TPSA) is 91.2 Å². The van der Waals surface area contributed by atoms with Crippen molar-refractivity contribution in [1.29, 1.82) is 0 Å². The van der Waals surface area contributed by atoms with Gasteiger partial charge in [0.05, 0.1) is 17.0 Å². The normalized spacial score (nSPS) is 10.8. The summed E-state index contributed by atoms with van der Waals surface area (Å²) in [7, 11) is 0. The number of esters is 1. The molecule has 4 aromatic rings. The summed E-state index contributed by atoms with van der Waals surface area (Å²) in [5.41, 5.74) is 1.47. The first-order valence-electron chi connectivity index (χ1n) is 7.77. The van der Waals surface area contributed by atoms with Gasteiger partial charge in [-0.1, -0.05) is 30.3 Å². The van der Waals surface area contributed by atoms with Gasteiger partial charge in [0.2, 0.25) is 0 Å². The van der Waals surface area contributed by atoms with Gasteiger partial charge in [0.15, 0.2) is 12.4 Å². The van der Waals surface area contributed by atoms with E-state index in [2.05, 4.69) is 15.2 Å². The summed E-state index contributed by atoms with van der Waals surface area (Å²) >= 11 is 1.29. The molecule has 130 valence electrons. The van der Waals surface area contributed by atoms with Crippen LogP contribution < -0.4 is 0 Å². The lowest BCUT2D eigenvalue weighted by Gasteiger charge is -2.02. The number of nitrogens with zero attached hydrogens (tertiary/aromatic N) is 3. The van der Waals surface area contributed by atoms with Gasteiger partial charge in [-0.2, -0.15) is 0 Å². The minimum absolute atomic E-state index is 0.127. The second-order valence-corrected chi connectivity index (χ2v) is 6.53. The lowest BCUT2D eigenvalue weighted by molar-refractivity contribution is 0.0445. The number of furan rings is 1. The van der Waals surface area contributed by atoms with Crippen LogP contribution in [0.1, 0.15) is 20.6 Å². The highest BCUT2D eigenvalue weighted by Crippen LogP contribution is 2.29. The molecule has 0 saturated heterocycles. The van der Waals surface area contributed by atoms with Gasteiger partial charge in [0.25, 0.3) is 11.8 Å². The molecule has 0 spiro atoms. The maximum atomic E-state index is 12.5. The van der Waals surface area contributed by atoms with Crippen LogP contribution in [-0.4, -0.2) is 21.2 Å². The minimum Gasteiger partial charge on any atom is -0.459 e. The lowest BCUT2D eigenvalue weighted by Crippen LogP contribution is -2.05. The molecule has 0 unspecified atom stereocenters. The minimum atomic E-state index is -0.479. The van der Waals surface area contributed by atoms with Crippen molar-refractivity contribution >= 4 is 17.3 Å². The highest BCUT2D eigenvalue weighted by molar-refractivity contribution is 7.14. The Kier molecular flexibility index (Phi) is 4.32. The van der Waals surface area contributed by atoms with E-state index in [1.54, 1.807) is 12.1 Å². The van der Waals surface area contributed by atoms with Crippen molar-refractivity contribution in [2.75, 3.05) is 0 Å². The largest absolute Gasteiger partial charge is 0.459 e. The molecule has 0 aliphatic heterocycles. The molecule has 0 radical (unpaired) electrons. The fourth-order valence-electron chi connectivity index (χ4n) is 2.36. The molecule has 1 aromatic carbocycles. The third kappa shape index (κ3) is 3.27. The summed E-state index contributed by atoms with van der Waals surface area (Å²) in [5, 5.41) is 8.51. The Morgan fingerprint density at radius 3 is 2.77 bits per heavy atom. The van der Waals surface area contributed by atoms with Crippen LogP contribution in [0.25, 0.3) is 22.9 Å². The van der Waals surface area contributed by atoms with Crippen LogP contribution in [0.3, 0.4) is 0 Å². The van der Waals surface area contributed by atoms with Gasteiger partial charge >= 0.3 is 5.97 Å². The third-order valence-electron chi connectivity index (χ3n) is 3.49. The van der Waals surface area contributed by atoms with Crippen molar-refractivity contribution in [2.45, 2.75) is 13.5 Å². The van der Waals surface area contributed by atoms with Crippen molar-refractivity contribution in [1.82, 2.24) is 15.2 Å². The van der Waals surface area contributed by atoms with E-state index >= 15 is 0 Å². The molecule has 0 fully saturated rings. The van der Waals surface area contributed by atoms with E-state index in [1.807, 2.05) is 37.3 Å². The van der Waals surface area contributed by atoms with Gasteiger partial charge in [0.1, 0.15) is 4.88 Å². The molecule has 0 aliphatic carbocycles. The molecule has 3 aromatic heterocycles. The fraction of sp³-hybridized carbons (Fsp3) is 0.111. The molecular formula is C18H13N3O4S. The fourth-order valence-corrected chi connectivity index (χ4v) is 3.20. The standard InChI is InChI=1S/C18H13N3O4S/c1-11-19-15(12-6-3-2-4-7-12)16(26-11)18(22)24-10-14-20-21-17(25-14)13-8-5-9-23-13/h2-9H,10H2,1H3. The zero-order valence-electron chi connectivity index (χ0n) is 13.7. The summed E-state index contributed by atoms with van der Waals surface area (Å²) in [4.78, 5) is 17.4. The zero-order valence-corrected chi connectivity index (χ0v) is 14.5. The molecule has 3 heterocycles. The quantitative estimate of drug-likeness (QED) is 0.490. The molecule has 8 heteroatoms. The first kappa shape index (κ1) is 16.2. The Morgan fingerprint density at radius 1 is 1.15 bits per heavy atom. The average molecular weight is 367 g/mol. The SMILES string of the molecule is Cc1nc(-c2ccccc2)c(C(=O)OCc2nnc(-c3ccco3)o2)s1. The van der Waals surface area contributed by atoms with Crippen LogP contribution >= 0.6 is 11.3 Å². The van der Waals surface area contributed by atoms with E-state index in [0.29, 0.717) is 16.3 Å². The maximum Gasteiger partial charge on any atom is 0.351 e. The van der Waals surface area contributed by atoms with Crippen molar-refractivity contribution in [2.24, 2.45) is 0 Å². The zero-order chi connectivity index (χ0) is 17.9. The number of carbonyl (C=O) groups excluding carboxylic acids is 1. The maximum absolute atomic E-state index is 12.5. The number of hydrogen-bond donors (Lipinski definition) is 0. The molecule has 0 saturated carbocycles. The molecule has 0 aliphatic rings. The number of ether oxygens (including phenoxy) is 1. The van der Waals surface area contributed by atoms with E-state index < -0.39 is 5.97 Å². The first-order chi connectivity index (χ1) is 12.7. The summed E-state index contributed by atoms with van der Waals surface area (Å²) in [6.07, 6.45) is 1.51. The van der Waals surface area contributed by atoms with Crippen molar-refractivity contribution in [3.63, 3.8) is 0 Å². The number of carbonyl (C=O) groups is 1. The smallest absolute Gasteiger partial charge is 0.351 e. The van der Waals surface area contributed by atoms with E-state index in [1.165, 1.54) is 17.6 Å². The van der Waals surface area contributed by atoms with Gasteiger partial charge in [0, 0.05) is 5.56 Å². The predicted octanol–water partition coefficient (Wildman–Crippen LogP) is 4.12. The Bertz CT molecular complexity index is 1020. The molecule has 26 heavy (non-hydrogen) atoms. The van der Waals surface area contributed by atoms with Crippen LogP contribution in [0.2, 0.25) is 0 Å². The lowest BCUT2D eigenvalue weighted by atomic mass is 10.1. The van der Waals surface area contributed by atoms with E-state index in [-0.39, 0.29) is 18.4 Å². The second kappa shape index (κ2) is 6.93. The van der Waals surface area contributed by atoms with Crippen LogP contribution in [0.4, 0.5) is 0 Å². The number of aryl methyl sites for hydroxylation is 1. The summed E-state index contributed by atoms with van der Waals surface area (Å²) in [6.45, 7) is 1.72. The molecular weight excluding hydrogens is 354 g/mol. The van der Waals surface area contributed by atoms with Gasteiger partial charge < -0.3 is 13.6 Å². The van der Waals surface area contributed by atoms with Crippen LogP contribution in [0.15, 0.2) is 57.6 Å².